The largest absolute Gasteiger partial charge is 0.396 e. The summed E-state index contributed by atoms with van der Waals surface area (Å²) in [6.45, 7) is 2.94. The van der Waals surface area contributed by atoms with Crippen molar-refractivity contribution in [3.05, 3.63) is 22.2 Å². The van der Waals surface area contributed by atoms with Crippen molar-refractivity contribution in [3.8, 4) is 0 Å². The van der Waals surface area contributed by atoms with Gasteiger partial charge in [-0.25, -0.2) is 0 Å². The Morgan fingerprint density at radius 3 is 3.00 bits per heavy atom. The quantitative estimate of drug-likeness (QED) is 0.548. The van der Waals surface area contributed by atoms with Crippen LogP contribution in [0.25, 0.3) is 0 Å². The topological polar surface area (TPSA) is 61.4 Å². The number of amides is 1. The standard InChI is InChI=1S/C13H17BrN2O2S/c1-2-15-12-8-6-9(14)11(19-5-3-4-17)7-10(8)16-13(12)18/h6-7,12,15,17H,2-5H2,1H3,(H,16,18). The first kappa shape index (κ1) is 14.8. The lowest BCUT2D eigenvalue weighted by molar-refractivity contribution is -0.117. The molecule has 0 aromatic heterocycles. The predicted octanol–water partition coefficient (Wildman–Crippen LogP) is 2.53. The van der Waals surface area contributed by atoms with Crippen LogP contribution in [0.4, 0.5) is 5.69 Å². The first-order valence-electron chi connectivity index (χ1n) is 6.28. The fourth-order valence-electron chi connectivity index (χ4n) is 2.03. The normalized spacial score (nSPS) is 17.4. The van der Waals surface area contributed by atoms with Crippen LogP contribution >= 0.6 is 27.7 Å². The Labute approximate surface area is 125 Å². The van der Waals surface area contributed by atoms with Crippen LogP contribution in [0.15, 0.2) is 21.5 Å². The third-order valence-corrected chi connectivity index (χ3v) is 4.96. The summed E-state index contributed by atoms with van der Waals surface area (Å²) in [5, 5.41) is 14.9. The molecule has 1 aliphatic rings. The van der Waals surface area contributed by atoms with Crippen molar-refractivity contribution in [2.45, 2.75) is 24.3 Å². The summed E-state index contributed by atoms with van der Waals surface area (Å²) in [7, 11) is 0. The van der Waals surface area contributed by atoms with E-state index in [-0.39, 0.29) is 18.6 Å². The molecule has 6 heteroatoms. The van der Waals surface area contributed by atoms with Gasteiger partial charge in [-0.3, -0.25) is 4.79 Å². The van der Waals surface area contributed by atoms with Crippen LogP contribution in [0, 0.1) is 0 Å². The van der Waals surface area contributed by atoms with Crippen LogP contribution in [0.3, 0.4) is 0 Å². The van der Waals surface area contributed by atoms with E-state index in [1.807, 2.05) is 19.1 Å². The maximum absolute atomic E-state index is 11.9. The van der Waals surface area contributed by atoms with Crippen LogP contribution < -0.4 is 10.6 Å². The Morgan fingerprint density at radius 2 is 2.32 bits per heavy atom. The minimum absolute atomic E-state index is 0.00116. The monoisotopic (exact) mass is 344 g/mol. The lowest BCUT2D eigenvalue weighted by Crippen LogP contribution is -2.27. The van der Waals surface area contributed by atoms with E-state index < -0.39 is 0 Å². The lowest BCUT2D eigenvalue weighted by atomic mass is 10.1. The lowest BCUT2D eigenvalue weighted by Gasteiger charge is -2.11. The molecular weight excluding hydrogens is 328 g/mol. The second-order valence-electron chi connectivity index (χ2n) is 4.28. The molecule has 2 rings (SSSR count). The van der Waals surface area contributed by atoms with Gasteiger partial charge in [0.05, 0.1) is 0 Å². The molecule has 0 aliphatic carbocycles. The molecule has 1 aromatic rings. The molecule has 0 bridgehead atoms. The number of aliphatic hydroxyl groups excluding tert-OH is 1. The molecule has 0 radical (unpaired) electrons. The number of carbonyl (C=O) groups is 1. The average molecular weight is 345 g/mol. The molecule has 3 N–H and O–H groups in total. The number of fused-ring (bicyclic) bond motifs is 1. The number of carbonyl (C=O) groups excluding carboxylic acids is 1. The number of aliphatic hydroxyl groups is 1. The zero-order valence-corrected chi connectivity index (χ0v) is 13.1. The maximum atomic E-state index is 11.9. The van der Waals surface area contributed by atoms with Crippen LogP contribution in [0.2, 0.25) is 0 Å². The van der Waals surface area contributed by atoms with Gasteiger partial charge < -0.3 is 15.7 Å². The van der Waals surface area contributed by atoms with E-state index in [1.165, 1.54) is 0 Å². The summed E-state index contributed by atoms with van der Waals surface area (Å²) in [6.07, 6.45) is 0.764. The van der Waals surface area contributed by atoms with Crippen molar-refractivity contribution >= 4 is 39.3 Å². The van der Waals surface area contributed by atoms with Crippen molar-refractivity contribution in [1.82, 2.24) is 5.32 Å². The fraction of sp³-hybridized carbons (Fsp3) is 0.462. The number of nitrogens with one attached hydrogen (secondary N) is 2. The molecule has 19 heavy (non-hydrogen) atoms. The average Bonchev–Trinajstić information content (AvgIpc) is 2.67. The summed E-state index contributed by atoms with van der Waals surface area (Å²) in [4.78, 5) is 13.0. The van der Waals surface area contributed by atoms with E-state index in [2.05, 4.69) is 26.6 Å². The molecule has 1 atom stereocenters. The smallest absolute Gasteiger partial charge is 0.246 e. The molecule has 0 saturated carbocycles. The van der Waals surface area contributed by atoms with E-state index in [9.17, 15) is 4.79 Å². The third kappa shape index (κ3) is 3.31. The molecular formula is C13H17BrN2O2S. The maximum Gasteiger partial charge on any atom is 0.246 e. The highest BCUT2D eigenvalue weighted by Gasteiger charge is 2.30. The van der Waals surface area contributed by atoms with Crippen molar-refractivity contribution in [1.29, 1.82) is 0 Å². The Morgan fingerprint density at radius 1 is 1.53 bits per heavy atom. The molecule has 1 unspecified atom stereocenters. The van der Waals surface area contributed by atoms with Crippen LogP contribution in [0.5, 0.6) is 0 Å². The number of hydrogen-bond donors (Lipinski definition) is 3. The fourth-order valence-corrected chi connectivity index (χ4v) is 3.62. The summed E-state index contributed by atoms with van der Waals surface area (Å²) < 4.78 is 0.994. The number of hydrogen-bond acceptors (Lipinski definition) is 4. The first-order valence-corrected chi connectivity index (χ1v) is 8.06. The van der Waals surface area contributed by atoms with Gasteiger partial charge in [0.2, 0.25) is 5.91 Å². The molecule has 1 amide bonds. The Balaban J connectivity index is 2.20. The number of halogens is 1. The van der Waals surface area contributed by atoms with Gasteiger partial charge >= 0.3 is 0 Å². The highest BCUT2D eigenvalue weighted by atomic mass is 79.9. The summed E-state index contributed by atoms with van der Waals surface area (Å²) in [6, 6.07) is 3.74. The van der Waals surface area contributed by atoms with E-state index in [0.717, 1.165) is 39.3 Å². The Kier molecular flexibility index (Phi) is 5.27. The minimum Gasteiger partial charge on any atom is -0.396 e. The van der Waals surface area contributed by atoms with E-state index in [1.54, 1.807) is 11.8 Å². The summed E-state index contributed by atoms with van der Waals surface area (Å²) in [5.74, 6) is 0.861. The SMILES string of the molecule is CCNC1C(=O)Nc2cc(SCCCO)c(Br)cc21. The third-order valence-electron chi connectivity index (χ3n) is 2.90. The molecule has 104 valence electrons. The zero-order chi connectivity index (χ0) is 13.8. The Hall–Kier alpha value is -0.560. The predicted molar refractivity (Wildman–Crippen MR) is 81.6 cm³/mol. The van der Waals surface area contributed by atoms with Crippen molar-refractivity contribution in [2.24, 2.45) is 0 Å². The second kappa shape index (κ2) is 6.74. The van der Waals surface area contributed by atoms with Gasteiger partial charge in [0.25, 0.3) is 0 Å². The van der Waals surface area contributed by atoms with Gasteiger partial charge in [0, 0.05) is 33.0 Å². The molecule has 1 heterocycles. The molecule has 0 fully saturated rings. The summed E-state index contributed by atoms with van der Waals surface area (Å²) >= 11 is 5.23. The van der Waals surface area contributed by atoms with Crippen LogP contribution in [-0.2, 0) is 4.79 Å². The molecule has 0 spiro atoms. The van der Waals surface area contributed by atoms with Crippen LogP contribution in [-0.4, -0.2) is 29.9 Å². The summed E-state index contributed by atoms with van der Waals surface area (Å²) in [5.41, 5.74) is 1.87. The van der Waals surface area contributed by atoms with Crippen LogP contribution in [0.1, 0.15) is 24.9 Å². The zero-order valence-electron chi connectivity index (χ0n) is 10.7. The van der Waals surface area contributed by atoms with E-state index >= 15 is 0 Å². The van der Waals surface area contributed by atoms with Gasteiger partial charge in [-0.1, -0.05) is 6.92 Å². The van der Waals surface area contributed by atoms with Gasteiger partial charge in [0.1, 0.15) is 6.04 Å². The van der Waals surface area contributed by atoms with Crippen molar-refractivity contribution < 1.29 is 9.90 Å². The van der Waals surface area contributed by atoms with E-state index in [0.29, 0.717) is 0 Å². The van der Waals surface area contributed by atoms with Gasteiger partial charge in [0.15, 0.2) is 0 Å². The number of thioether (sulfide) groups is 1. The van der Waals surface area contributed by atoms with Gasteiger partial charge in [-0.05, 0) is 41.0 Å². The van der Waals surface area contributed by atoms with Gasteiger partial charge in [-0.2, -0.15) is 0 Å². The van der Waals surface area contributed by atoms with E-state index in [4.69, 9.17) is 5.11 Å². The van der Waals surface area contributed by atoms with Crippen molar-refractivity contribution in [2.75, 3.05) is 24.2 Å². The number of benzene rings is 1. The Bertz CT molecular complexity index is 482. The van der Waals surface area contributed by atoms with Crippen molar-refractivity contribution in [3.63, 3.8) is 0 Å². The molecule has 0 saturated heterocycles. The highest BCUT2D eigenvalue weighted by molar-refractivity contribution is 9.10. The second-order valence-corrected chi connectivity index (χ2v) is 6.27. The number of anilines is 1. The molecule has 1 aliphatic heterocycles. The van der Waals surface area contributed by atoms with Gasteiger partial charge in [-0.15, -0.1) is 11.8 Å². The molecule has 1 aromatic carbocycles. The number of rotatable bonds is 6. The minimum atomic E-state index is -0.257. The first-order chi connectivity index (χ1) is 9.17. The molecule has 4 nitrogen and oxygen atoms in total. The highest BCUT2D eigenvalue weighted by Crippen LogP contribution is 2.39. The number of likely N-dealkylation sites (N-methyl/N-ethyl adjacent to an activating group) is 1.